The molecule has 5 aliphatic rings. The molecular formula is C30H55N5O3. The van der Waals surface area contributed by atoms with Crippen molar-refractivity contribution >= 4 is 5.97 Å². The van der Waals surface area contributed by atoms with Crippen LogP contribution in [0.3, 0.4) is 0 Å². The van der Waals surface area contributed by atoms with Gasteiger partial charge in [0.25, 0.3) is 0 Å². The fourth-order valence-corrected chi connectivity index (χ4v) is 8.06. The number of hydrogen-bond donors (Lipinski definition) is 2. The molecular weight excluding hydrogens is 478 g/mol. The predicted molar refractivity (Wildman–Crippen MR) is 151 cm³/mol. The Morgan fingerprint density at radius 1 is 0.895 bits per heavy atom. The van der Waals surface area contributed by atoms with Crippen LogP contribution in [0.2, 0.25) is 0 Å². The van der Waals surface area contributed by atoms with Gasteiger partial charge in [-0.3, -0.25) is 10.3 Å². The zero-order valence-electron chi connectivity index (χ0n) is 24.5. The molecule has 0 amide bonds. The lowest BCUT2D eigenvalue weighted by atomic mass is 9.74. The van der Waals surface area contributed by atoms with Gasteiger partial charge < -0.3 is 19.7 Å². The number of nitrogens with one attached hydrogen (secondary N) is 2. The van der Waals surface area contributed by atoms with Crippen LogP contribution in [-0.4, -0.2) is 109 Å². The quantitative estimate of drug-likeness (QED) is 0.461. The van der Waals surface area contributed by atoms with Crippen molar-refractivity contribution in [2.45, 2.75) is 127 Å². The van der Waals surface area contributed by atoms with Gasteiger partial charge in [0.05, 0.1) is 18.8 Å². The maximum Gasteiger partial charge on any atom is 0.337 e. The average molecular weight is 534 g/mol. The third-order valence-corrected chi connectivity index (χ3v) is 10.0. The van der Waals surface area contributed by atoms with Gasteiger partial charge in [0.15, 0.2) is 5.60 Å². The summed E-state index contributed by atoms with van der Waals surface area (Å²) in [5.74, 6) is 0.470. The first-order chi connectivity index (χ1) is 18.4. The molecule has 3 saturated heterocycles. The molecule has 0 bridgehead atoms. The highest BCUT2D eigenvalue weighted by Crippen LogP contribution is 2.37. The van der Waals surface area contributed by atoms with Gasteiger partial charge in [0, 0.05) is 44.3 Å². The van der Waals surface area contributed by atoms with E-state index < -0.39 is 5.60 Å². The minimum Gasteiger partial charge on any atom is -0.464 e. The Kier molecular flexibility index (Phi) is 10.0. The molecule has 38 heavy (non-hydrogen) atoms. The molecule has 0 aromatic rings. The highest BCUT2D eigenvalue weighted by Gasteiger charge is 2.47. The van der Waals surface area contributed by atoms with Gasteiger partial charge in [-0.05, 0) is 97.7 Å². The first-order valence-electron chi connectivity index (χ1n) is 16.0. The van der Waals surface area contributed by atoms with E-state index in [4.69, 9.17) is 9.47 Å². The number of hydrazine groups is 1. The molecule has 0 aromatic heterocycles. The molecule has 5 rings (SSSR count). The molecule has 8 heteroatoms. The SMILES string of the molecule is CCOC(=O)C(C)(C)OC1CCC2CCCNC2C1N1CCCN(CC2CCN(C3CCCCC3)N2)CC1. The summed E-state index contributed by atoms with van der Waals surface area (Å²) >= 11 is 0. The zero-order valence-corrected chi connectivity index (χ0v) is 24.5. The number of carbonyl (C=O) groups is 1. The van der Waals surface area contributed by atoms with Crippen LogP contribution < -0.4 is 10.7 Å². The number of carbonyl (C=O) groups excluding carboxylic acids is 1. The molecule has 3 aliphatic heterocycles. The Morgan fingerprint density at radius 3 is 2.55 bits per heavy atom. The molecule has 3 heterocycles. The normalized spacial score (nSPS) is 35.1. The fourth-order valence-electron chi connectivity index (χ4n) is 8.06. The van der Waals surface area contributed by atoms with E-state index in [2.05, 4.69) is 25.6 Å². The van der Waals surface area contributed by atoms with Crippen molar-refractivity contribution in [3.8, 4) is 0 Å². The van der Waals surface area contributed by atoms with Crippen molar-refractivity contribution in [2.75, 3.05) is 52.4 Å². The molecule has 8 nitrogen and oxygen atoms in total. The molecule has 2 aliphatic carbocycles. The van der Waals surface area contributed by atoms with Crippen LogP contribution in [-0.2, 0) is 14.3 Å². The van der Waals surface area contributed by atoms with Crippen molar-refractivity contribution < 1.29 is 14.3 Å². The van der Waals surface area contributed by atoms with Crippen molar-refractivity contribution in [1.82, 2.24) is 25.6 Å². The van der Waals surface area contributed by atoms with Gasteiger partial charge in [0.1, 0.15) is 0 Å². The number of fused-ring (bicyclic) bond motifs is 1. The maximum atomic E-state index is 12.7. The Labute approximate surface area is 231 Å². The van der Waals surface area contributed by atoms with Crippen molar-refractivity contribution in [3.05, 3.63) is 0 Å². The Balaban J connectivity index is 1.20. The smallest absolute Gasteiger partial charge is 0.337 e. The van der Waals surface area contributed by atoms with E-state index in [-0.39, 0.29) is 12.1 Å². The van der Waals surface area contributed by atoms with E-state index in [1.807, 2.05) is 20.8 Å². The van der Waals surface area contributed by atoms with Crippen LogP contribution in [0.25, 0.3) is 0 Å². The molecule has 0 aromatic carbocycles. The van der Waals surface area contributed by atoms with E-state index in [1.54, 1.807) is 0 Å². The Bertz CT molecular complexity index is 760. The maximum absolute atomic E-state index is 12.7. The number of piperidine rings is 1. The van der Waals surface area contributed by atoms with Gasteiger partial charge in [0.2, 0.25) is 0 Å². The van der Waals surface area contributed by atoms with E-state index in [0.717, 1.165) is 45.2 Å². The summed E-state index contributed by atoms with van der Waals surface area (Å²) in [6, 6.07) is 2.11. The van der Waals surface area contributed by atoms with Crippen LogP contribution in [0.15, 0.2) is 0 Å². The van der Waals surface area contributed by atoms with E-state index in [0.29, 0.717) is 30.7 Å². The second-order valence-corrected chi connectivity index (χ2v) is 13.1. The molecule has 2 N–H and O–H groups in total. The van der Waals surface area contributed by atoms with Crippen LogP contribution in [0.5, 0.6) is 0 Å². The number of nitrogens with zero attached hydrogens (tertiary/aromatic N) is 3. The first-order valence-corrected chi connectivity index (χ1v) is 16.0. The van der Waals surface area contributed by atoms with Gasteiger partial charge in [-0.15, -0.1) is 0 Å². The second kappa shape index (κ2) is 13.3. The van der Waals surface area contributed by atoms with Crippen LogP contribution in [0.1, 0.15) is 91.4 Å². The largest absolute Gasteiger partial charge is 0.464 e. The first kappa shape index (κ1) is 28.7. The lowest BCUT2D eigenvalue weighted by molar-refractivity contribution is -0.185. The topological polar surface area (TPSA) is 69.3 Å². The summed E-state index contributed by atoms with van der Waals surface area (Å²) < 4.78 is 12.0. The summed E-state index contributed by atoms with van der Waals surface area (Å²) in [6.07, 6.45) is 14.3. The second-order valence-electron chi connectivity index (χ2n) is 13.1. The van der Waals surface area contributed by atoms with E-state index in [9.17, 15) is 4.79 Å². The molecule has 218 valence electrons. The number of hydrogen-bond acceptors (Lipinski definition) is 8. The van der Waals surface area contributed by atoms with Gasteiger partial charge in [-0.1, -0.05) is 19.3 Å². The molecule has 5 atom stereocenters. The Hall–Kier alpha value is -0.770. The van der Waals surface area contributed by atoms with Crippen molar-refractivity contribution in [3.63, 3.8) is 0 Å². The molecule has 5 unspecified atom stereocenters. The summed E-state index contributed by atoms with van der Waals surface area (Å²) in [5, 5.41) is 6.48. The van der Waals surface area contributed by atoms with Crippen LogP contribution in [0.4, 0.5) is 0 Å². The minimum atomic E-state index is -0.920. The average Bonchev–Trinajstić information content (AvgIpc) is 3.27. The highest BCUT2D eigenvalue weighted by molar-refractivity contribution is 5.78. The molecule has 5 fully saturated rings. The predicted octanol–water partition coefficient (Wildman–Crippen LogP) is 3.16. The Morgan fingerprint density at radius 2 is 1.74 bits per heavy atom. The van der Waals surface area contributed by atoms with Crippen LogP contribution in [0, 0.1) is 5.92 Å². The highest BCUT2D eigenvalue weighted by atomic mass is 16.6. The summed E-state index contributed by atoms with van der Waals surface area (Å²) in [4.78, 5) is 18.1. The monoisotopic (exact) mass is 533 g/mol. The standard InChI is InChI=1S/C30H55N5O3/c1-4-37-29(36)30(2,3)38-26-14-13-23-10-8-16-31-27(23)28(26)34-18-9-17-33(20-21-34)22-24-15-19-35(32-24)25-11-6-5-7-12-25/h23-28,31-32H,4-22H2,1-3H3. The fraction of sp³-hybridized carbons (Fsp3) is 0.967. The van der Waals surface area contributed by atoms with Crippen molar-refractivity contribution in [2.24, 2.45) is 5.92 Å². The molecule has 0 spiro atoms. The molecule has 0 radical (unpaired) electrons. The van der Waals surface area contributed by atoms with Crippen molar-refractivity contribution in [1.29, 1.82) is 0 Å². The number of rotatable bonds is 8. The summed E-state index contributed by atoms with van der Waals surface area (Å²) in [6.45, 7) is 14.0. The van der Waals surface area contributed by atoms with E-state index >= 15 is 0 Å². The summed E-state index contributed by atoms with van der Waals surface area (Å²) in [7, 11) is 0. The lowest BCUT2D eigenvalue weighted by Gasteiger charge is -2.51. The van der Waals surface area contributed by atoms with E-state index in [1.165, 1.54) is 77.3 Å². The number of ether oxygens (including phenoxy) is 2. The third-order valence-electron chi connectivity index (χ3n) is 10.0. The van der Waals surface area contributed by atoms with Gasteiger partial charge in [-0.2, -0.15) is 0 Å². The zero-order chi connectivity index (χ0) is 26.5. The minimum absolute atomic E-state index is 0.0494. The van der Waals surface area contributed by atoms with Gasteiger partial charge >= 0.3 is 5.97 Å². The van der Waals surface area contributed by atoms with Crippen LogP contribution >= 0.6 is 0 Å². The lowest BCUT2D eigenvalue weighted by Crippen LogP contribution is -2.65. The summed E-state index contributed by atoms with van der Waals surface area (Å²) in [5.41, 5.74) is 2.98. The molecule has 2 saturated carbocycles. The third kappa shape index (κ3) is 6.92. The van der Waals surface area contributed by atoms with Gasteiger partial charge in [-0.25, -0.2) is 9.80 Å². The number of esters is 1.